The molecule has 0 bridgehead atoms. The molecule has 1 atom stereocenters. The van der Waals surface area contributed by atoms with E-state index in [1.54, 1.807) is 0 Å². The van der Waals surface area contributed by atoms with Gasteiger partial charge in [0.1, 0.15) is 0 Å². The third-order valence-corrected chi connectivity index (χ3v) is 2.36. The van der Waals surface area contributed by atoms with Crippen LogP contribution in [0.3, 0.4) is 0 Å². The Kier molecular flexibility index (Phi) is 5.97. The average molecular weight is 230 g/mol. The van der Waals surface area contributed by atoms with Crippen molar-refractivity contribution in [2.75, 3.05) is 6.54 Å². The Labute approximate surface area is 95.7 Å². The fourth-order valence-corrected chi connectivity index (χ4v) is 1.38. The number of benzene rings is 1. The van der Waals surface area contributed by atoms with E-state index in [2.05, 4.69) is 0 Å². The molecule has 0 aliphatic rings. The Morgan fingerprint density at radius 2 is 2.07 bits per heavy atom. The number of carboxylic acid groups (broad SMARTS) is 1. The van der Waals surface area contributed by atoms with Crippen molar-refractivity contribution in [2.45, 2.75) is 13.3 Å². The van der Waals surface area contributed by atoms with Crippen LogP contribution in [0.4, 0.5) is 0 Å². The van der Waals surface area contributed by atoms with Gasteiger partial charge in [-0.1, -0.05) is 24.3 Å². The molecule has 1 aromatic rings. The molecule has 4 heteroatoms. The van der Waals surface area contributed by atoms with Crippen molar-refractivity contribution >= 4 is 18.4 Å². The molecule has 0 saturated heterocycles. The van der Waals surface area contributed by atoms with Crippen molar-refractivity contribution in [1.29, 1.82) is 0 Å². The lowest BCUT2D eigenvalue weighted by Gasteiger charge is -2.11. The number of halogens is 1. The fraction of sp³-hybridized carbons (Fsp3) is 0.364. The van der Waals surface area contributed by atoms with Gasteiger partial charge in [0.15, 0.2) is 0 Å². The molecule has 3 nitrogen and oxygen atoms in total. The van der Waals surface area contributed by atoms with E-state index in [1.807, 2.05) is 31.2 Å². The lowest BCUT2D eigenvalue weighted by atomic mass is 9.96. The van der Waals surface area contributed by atoms with Gasteiger partial charge in [-0.15, -0.1) is 12.4 Å². The van der Waals surface area contributed by atoms with E-state index in [0.717, 1.165) is 11.1 Å². The molecule has 0 amide bonds. The highest BCUT2D eigenvalue weighted by atomic mass is 35.5. The van der Waals surface area contributed by atoms with Crippen LogP contribution >= 0.6 is 12.4 Å². The van der Waals surface area contributed by atoms with Gasteiger partial charge in [-0.05, 0) is 24.5 Å². The van der Waals surface area contributed by atoms with Crippen LogP contribution < -0.4 is 5.73 Å². The van der Waals surface area contributed by atoms with E-state index in [0.29, 0.717) is 6.42 Å². The topological polar surface area (TPSA) is 63.3 Å². The molecule has 84 valence electrons. The van der Waals surface area contributed by atoms with Crippen molar-refractivity contribution in [3.63, 3.8) is 0 Å². The molecule has 0 aliphatic heterocycles. The quantitative estimate of drug-likeness (QED) is 0.825. The summed E-state index contributed by atoms with van der Waals surface area (Å²) >= 11 is 0. The predicted octanol–water partition coefficient (Wildman–Crippen LogP) is 1.62. The first-order valence-electron chi connectivity index (χ1n) is 4.62. The van der Waals surface area contributed by atoms with Crippen LogP contribution in [0.1, 0.15) is 11.1 Å². The molecular weight excluding hydrogens is 214 g/mol. The van der Waals surface area contributed by atoms with Gasteiger partial charge in [0.05, 0.1) is 5.92 Å². The van der Waals surface area contributed by atoms with Crippen molar-refractivity contribution in [2.24, 2.45) is 11.7 Å². The first-order valence-corrected chi connectivity index (χ1v) is 4.62. The second-order valence-electron chi connectivity index (χ2n) is 3.40. The average Bonchev–Trinajstić information content (AvgIpc) is 2.16. The summed E-state index contributed by atoms with van der Waals surface area (Å²) in [5, 5.41) is 8.85. The molecule has 0 aromatic heterocycles. The summed E-state index contributed by atoms with van der Waals surface area (Å²) in [6.45, 7) is 2.16. The number of aliphatic carboxylic acids is 1. The summed E-state index contributed by atoms with van der Waals surface area (Å²) in [5.74, 6) is -1.30. The maximum Gasteiger partial charge on any atom is 0.308 e. The van der Waals surface area contributed by atoms with Crippen LogP contribution in [-0.4, -0.2) is 17.6 Å². The number of rotatable bonds is 4. The number of carboxylic acids is 1. The Hall–Kier alpha value is -1.06. The Balaban J connectivity index is 0.00000196. The normalized spacial score (nSPS) is 11.6. The second-order valence-corrected chi connectivity index (χ2v) is 3.40. The number of aryl methyl sites for hydroxylation is 1. The molecule has 15 heavy (non-hydrogen) atoms. The summed E-state index contributed by atoms with van der Waals surface area (Å²) in [6, 6.07) is 7.78. The zero-order chi connectivity index (χ0) is 10.6. The lowest BCUT2D eigenvalue weighted by molar-refractivity contribution is -0.141. The van der Waals surface area contributed by atoms with E-state index in [9.17, 15) is 4.79 Å². The van der Waals surface area contributed by atoms with Gasteiger partial charge in [-0.25, -0.2) is 0 Å². The Bertz CT molecular complexity index is 328. The zero-order valence-electron chi connectivity index (χ0n) is 8.64. The molecule has 0 radical (unpaired) electrons. The van der Waals surface area contributed by atoms with Crippen LogP contribution in [-0.2, 0) is 11.2 Å². The zero-order valence-corrected chi connectivity index (χ0v) is 9.46. The van der Waals surface area contributed by atoms with Gasteiger partial charge in [-0.2, -0.15) is 0 Å². The van der Waals surface area contributed by atoms with Gasteiger partial charge >= 0.3 is 5.97 Å². The van der Waals surface area contributed by atoms with Crippen LogP contribution in [0.5, 0.6) is 0 Å². The van der Waals surface area contributed by atoms with E-state index >= 15 is 0 Å². The highest BCUT2D eigenvalue weighted by Crippen LogP contribution is 2.12. The summed E-state index contributed by atoms with van der Waals surface area (Å²) in [5.41, 5.74) is 7.57. The van der Waals surface area contributed by atoms with Crippen LogP contribution in [0.25, 0.3) is 0 Å². The minimum absolute atomic E-state index is 0. The van der Waals surface area contributed by atoms with Crippen molar-refractivity contribution in [1.82, 2.24) is 0 Å². The predicted molar refractivity (Wildman–Crippen MR) is 62.3 cm³/mol. The maximum atomic E-state index is 10.8. The fourth-order valence-electron chi connectivity index (χ4n) is 1.38. The summed E-state index contributed by atoms with van der Waals surface area (Å²) in [6.07, 6.45) is 0.512. The van der Waals surface area contributed by atoms with Gasteiger partial charge in [0.2, 0.25) is 0 Å². The monoisotopic (exact) mass is 229 g/mol. The number of hydrogen-bond donors (Lipinski definition) is 2. The maximum absolute atomic E-state index is 10.8. The van der Waals surface area contributed by atoms with Gasteiger partial charge in [0.25, 0.3) is 0 Å². The number of hydrogen-bond acceptors (Lipinski definition) is 2. The van der Waals surface area contributed by atoms with Crippen molar-refractivity contribution in [3.8, 4) is 0 Å². The van der Waals surface area contributed by atoms with Crippen LogP contribution in [0, 0.1) is 12.8 Å². The van der Waals surface area contributed by atoms with E-state index in [4.69, 9.17) is 10.8 Å². The van der Waals surface area contributed by atoms with Crippen molar-refractivity contribution < 1.29 is 9.90 Å². The molecule has 0 fully saturated rings. The number of nitrogens with two attached hydrogens (primary N) is 1. The van der Waals surface area contributed by atoms with Gasteiger partial charge in [-0.3, -0.25) is 4.79 Å². The molecule has 0 aliphatic carbocycles. The third-order valence-electron chi connectivity index (χ3n) is 2.36. The third kappa shape index (κ3) is 3.90. The standard InChI is InChI=1S/C11H15NO2.ClH/c1-8-4-2-3-5-9(8)6-10(7-12)11(13)14;/h2-5,10H,6-7,12H2,1H3,(H,13,14);1H/t10-;/m1./s1. The van der Waals surface area contributed by atoms with Gasteiger partial charge in [0, 0.05) is 6.54 Å². The molecule has 0 spiro atoms. The van der Waals surface area contributed by atoms with Crippen LogP contribution in [0.15, 0.2) is 24.3 Å². The first kappa shape index (κ1) is 13.9. The molecule has 0 unspecified atom stereocenters. The summed E-state index contributed by atoms with van der Waals surface area (Å²) in [7, 11) is 0. The Morgan fingerprint density at radius 3 is 2.53 bits per heavy atom. The second kappa shape index (κ2) is 6.43. The minimum Gasteiger partial charge on any atom is -0.481 e. The molecule has 0 saturated carbocycles. The highest BCUT2D eigenvalue weighted by molar-refractivity contribution is 5.85. The molecule has 1 rings (SSSR count). The first-order chi connectivity index (χ1) is 6.65. The summed E-state index contributed by atoms with van der Waals surface area (Å²) < 4.78 is 0. The molecule has 3 N–H and O–H groups in total. The van der Waals surface area contributed by atoms with Crippen LogP contribution in [0.2, 0.25) is 0 Å². The summed E-state index contributed by atoms with van der Waals surface area (Å²) in [4.78, 5) is 10.8. The SMILES string of the molecule is Cc1ccccc1C[C@H](CN)C(=O)O.Cl. The minimum atomic E-state index is -0.823. The highest BCUT2D eigenvalue weighted by Gasteiger charge is 2.16. The number of carbonyl (C=O) groups is 1. The van der Waals surface area contributed by atoms with Gasteiger partial charge < -0.3 is 10.8 Å². The van der Waals surface area contributed by atoms with E-state index < -0.39 is 11.9 Å². The largest absolute Gasteiger partial charge is 0.481 e. The molecular formula is C11H16ClNO2. The lowest BCUT2D eigenvalue weighted by Crippen LogP contribution is -2.25. The van der Waals surface area contributed by atoms with Crippen molar-refractivity contribution in [3.05, 3.63) is 35.4 Å². The Morgan fingerprint density at radius 1 is 1.47 bits per heavy atom. The van der Waals surface area contributed by atoms with E-state index in [1.165, 1.54) is 0 Å². The molecule has 1 aromatic carbocycles. The van der Waals surface area contributed by atoms with E-state index in [-0.39, 0.29) is 19.0 Å². The molecule has 0 heterocycles. The smallest absolute Gasteiger partial charge is 0.308 e.